The third-order valence-electron chi connectivity index (χ3n) is 4.30. The number of carbonyl (C=O) groups excluding carboxylic acids is 1. The van der Waals surface area contributed by atoms with Gasteiger partial charge in [-0.25, -0.2) is 9.37 Å². The molecule has 2 aromatic rings. The smallest absolute Gasteiger partial charge is 0.258 e. The topological polar surface area (TPSA) is 92.4 Å². The van der Waals surface area contributed by atoms with Crippen molar-refractivity contribution in [3.05, 3.63) is 66.3 Å². The van der Waals surface area contributed by atoms with Gasteiger partial charge in [0.2, 0.25) is 0 Å². The van der Waals surface area contributed by atoms with Gasteiger partial charge in [0.1, 0.15) is 17.5 Å². The van der Waals surface area contributed by atoms with E-state index in [0.717, 1.165) is 11.5 Å². The third-order valence-corrected chi connectivity index (χ3v) is 4.30. The Hall–Kier alpha value is -3.22. The van der Waals surface area contributed by atoms with Crippen molar-refractivity contribution in [3.63, 3.8) is 0 Å². The third kappa shape index (κ3) is 3.72. The molecular formula is C19H20FN5O. The van der Waals surface area contributed by atoms with Crippen LogP contribution >= 0.6 is 0 Å². The fourth-order valence-corrected chi connectivity index (χ4v) is 2.68. The maximum atomic E-state index is 14.0. The van der Waals surface area contributed by atoms with E-state index in [1.165, 1.54) is 12.1 Å². The Balaban J connectivity index is 1.65. The number of hydrogen-bond donors (Lipinski definition) is 3. The number of benzene rings is 1. The number of hydrogen-bond acceptors (Lipinski definition) is 4. The van der Waals surface area contributed by atoms with Crippen molar-refractivity contribution in [1.29, 1.82) is 0 Å². The number of nitrogens with two attached hydrogens (primary N) is 1. The molecule has 1 aliphatic carbocycles. The average Bonchev–Trinajstić information content (AvgIpc) is 3.44. The molecule has 1 amide bonds. The lowest BCUT2D eigenvalue weighted by Crippen LogP contribution is -2.23. The monoisotopic (exact) mass is 353 g/mol. The van der Waals surface area contributed by atoms with Crippen LogP contribution in [0.25, 0.3) is 0 Å². The number of amides is 1. The van der Waals surface area contributed by atoms with Gasteiger partial charge in [0.15, 0.2) is 0 Å². The second kappa shape index (κ2) is 7.35. The maximum Gasteiger partial charge on any atom is 0.258 e. The SMILES string of the molecule is CNc1ccc(N/C=C\C(N)=NC(=O)C2(c3ccccc3F)CC2)cn1. The van der Waals surface area contributed by atoms with Crippen LogP contribution in [0.4, 0.5) is 15.9 Å². The molecule has 7 heteroatoms. The second-order valence-electron chi connectivity index (χ2n) is 6.06. The molecule has 3 rings (SSSR count). The predicted molar refractivity (Wildman–Crippen MR) is 100 cm³/mol. The Bertz CT molecular complexity index is 856. The Labute approximate surface area is 151 Å². The minimum absolute atomic E-state index is 0.0601. The zero-order valence-corrected chi connectivity index (χ0v) is 14.4. The quantitative estimate of drug-likeness (QED) is 0.549. The minimum atomic E-state index is -0.871. The molecule has 1 heterocycles. The van der Waals surface area contributed by atoms with Crippen LogP contribution in [0, 0.1) is 5.82 Å². The van der Waals surface area contributed by atoms with E-state index in [9.17, 15) is 9.18 Å². The number of nitrogens with one attached hydrogen (secondary N) is 2. The first-order valence-corrected chi connectivity index (χ1v) is 8.26. The summed E-state index contributed by atoms with van der Waals surface area (Å²) in [4.78, 5) is 20.6. The largest absolute Gasteiger partial charge is 0.384 e. The van der Waals surface area contributed by atoms with Crippen molar-refractivity contribution in [2.45, 2.75) is 18.3 Å². The minimum Gasteiger partial charge on any atom is -0.384 e. The summed E-state index contributed by atoms with van der Waals surface area (Å²) in [6, 6.07) is 9.97. The van der Waals surface area contributed by atoms with Gasteiger partial charge in [0.25, 0.3) is 5.91 Å². The summed E-state index contributed by atoms with van der Waals surface area (Å²) >= 11 is 0. The molecule has 1 saturated carbocycles. The Kier molecular flexibility index (Phi) is 4.97. The number of halogens is 1. The first kappa shape index (κ1) is 17.6. The van der Waals surface area contributed by atoms with Crippen molar-refractivity contribution in [2.24, 2.45) is 10.7 Å². The van der Waals surface area contributed by atoms with E-state index in [2.05, 4.69) is 20.6 Å². The van der Waals surface area contributed by atoms with Crippen LogP contribution in [-0.2, 0) is 10.2 Å². The van der Waals surface area contributed by atoms with E-state index in [1.807, 2.05) is 12.1 Å². The Morgan fingerprint density at radius 3 is 2.69 bits per heavy atom. The summed E-state index contributed by atoms with van der Waals surface area (Å²) in [5, 5.41) is 5.92. The number of carbonyl (C=O) groups is 1. The van der Waals surface area contributed by atoms with Gasteiger partial charge < -0.3 is 16.4 Å². The van der Waals surface area contributed by atoms with E-state index < -0.39 is 11.3 Å². The lowest BCUT2D eigenvalue weighted by atomic mass is 9.94. The van der Waals surface area contributed by atoms with Gasteiger partial charge in [-0.1, -0.05) is 18.2 Å². The molecule has 1 fully saturated rings. The van der Waals surface area contributed by atoms with E-state index in [1.54, 1.807) is 37.6 Å². The molecule has 26 heavy (non-hydrogen) atoms. The zero-order valence-electron chi connectivity index (χ0n) is 14.4. The van der Waals surface area contributed by atoms with Crippen LogP contribution < -0.4 is 16.4 Å². The van der Waals surface area contributed by atoms with Crippen molar-refractivity contribution < 1.29 is 9.18 Å². The van der Waals surface area contributed by atoms with Crippen LogP contribution in [-0.4, -0.2) is 23.8 Å². The molecule has 4 N–H and O–H groups in total. The Morgan fingerprint density at radius 2 is 2.08 bits per heavy atom. The van der Waals surface area contributed by atoms with Crippen LogP contribution in [0.2, 0.25) is 0 Å². The van der Waals surface area contributed by atoms with Crippen LogP contribution in [0.1, 0.15) is 18.4 Å². The normalized spacial score (nSPS) is 15.7. The van der Waals surface area contributed by atoms with Gasteiger partial charge in [0, 0.05) is 18.8 Å². The average molecular weight is 353 g/mol. The number of aromatic nitrogens is 1. The van der Waals surface area contributed by atoms with Gasteiger partial charge >= 0.3 is 0 Å². The number of aliphatic imine (C=N–C) groups is 1. The second-order valence-corrected chi connectivity index (χ2v) is 6.06. The zero-order chi connectivity index (χ0) is 18.6. The number of pyridine rings is 1. The van der Waals surface area contributed by atoms with E-state index in [4.69, 9.17) is 5.73 Å². The summed E-state index contributed by atoms with van der Waals surface area (Å²) < 4.78 is 14.0. The summed E-state index contributed by atoms with van der Waals surface area (Å²) in [5.74, 6) is 0.0191. The van der Waals surface area contributed by atoms with Gasteiger partial charge in [-0.05, 0) is 37.1 Å². The highest BCUT2D eigenvalue weighted by Crippen LogP contribution is 2.50. The first-order valence-electron chi connectivity index (χ1n) is 8.26. The lowest BCUT2D eigenvalue weighted by molar-refractivity contribution is -0.120. The molecule has 0 bridgehead atoms. The molecule has 0 unspecified atom stereocenters. The van der Waals surface area contributed by atoms with Gasteiger partial charge in [0.05, 0.1) is 17.3 Å². The van der Waals surface area contributed by atoms with E-state index >= 15 is 0 Å². The summed E-state index contributed by atoms with van der Waals surface area (Å²) in [5.41, 5.74) is 6.09. The van der Waals surface area contributed by atoms with Crippen molar-refractivity contribution in [2.75, 3.05) is 17.7 Å². The van der Waals surface area contributed by atoms with Crippen molar-refractivity contribution in [1.82, 2.24) is 4.98 Å². The number of rotatable bonds is 6. The molecule has 0 radical (unpaired) electrons. The lowest BCUT2D eigenvalue weighted by Gasteiger charge is -2.12. The fourth-order valence-electron chi connectivity index (χ4n) is 2.68. The molecule has 134 valence electrons. The number of anilines is 2. The molecule has 0 atom stereocenters. The van der Waals surface area contributed by atoms with Gasteiger partial charge in [-0.15, -0.1) is 0 Å². The fraction of sp³-hybridized carbons (Fsp3) is 0.211. The molecular weight excluding hydrogens is 333 g/mol. The molecule has 0 aliphatic heterocycles. The highest BCUT2D eigenvalue weighted by Gasteiger charge is 2.52. The molecule has 0 spiro atoms. The van der Waals surface area contributed by atoms with Gasteiger partial charge in [-0.3, -0.25) is 4.79 Å². The standard InChI is InChI=1S/C19H20FN5O/c1-22-17-7-6-13(12-24-17)23-11-8-16(21)25-18(26)19(9-10-19)14-4-2-3-5-15(14)20/h2-8,11-12,23H,9-10H2,1H3,(H,22,24)(H2,21,25,26)/b11-8-. The van der Waals surface area contributed by atoms with Crippen LogP contribution in [0.5, 0.6) is 0 Å². The summed E-state index contributed by atoms with van der Waals surface area (Å²) in [6.45, 7) is 0. The molecule has 1 aliphatic rings. The summed E-state index contributed by atoms with van der Waals surface area (Å²) in [7, 11) is 1.79. The predicted octanol–water partition coefficient (Wildman–Crippen LogP) is 2.80. The maximum absolute atomic E-state index is 14.0. The van der Waals surface area contributed by atoms with Gasteiger partial charge in [-0.2, -0.15) is 4.99 Å². The number of nitrogens with zero attached hydrogens (tertiary/aromatic N) is 2. The molecule has 0 saturated heterocycles. The van der Waals surface area contributed by atoms with E-state index in [-0.39, 0.29) is 11.7 Å². The van der Waals surface area contributed by atoms with Crippen molar-refractivity contribution >= 4 is 23.2 Å². The number of amidine groups is 1. The highest BCUT2D eigenvalue weighted by atomic mass is 19.1. The van der Waals surface area contributed by atoms with Crippen molar-refractivity contribution in [3.8, 4) is 0 Å². The molecule has 1 aromatic carbocycles. The summed E-state index contributed by atoms with van der Waals surface area (Å²) in [6.07, 6.45) is 5.88. The molecule has 1 aromatic heterocycles. The van der Waals surface area contributed by atoms with Crippen LogP contribution in [0.3, 0.4) is 0 Å². The van der Waals surface area contributed by atoms with Crippen LogP contribution in [0.15, 0.2) is 59.9 Å². The first-order chi connectivity index (χ1) is 12.5. The Morgan fingerprint density at radius 1 is 1.31 bits per heavy atom. The molecule has 6 nitrogen and oxygen atoms in total. The highest BCUT2D eigenvalue weighted by molar-refractivity contribution is 6.04. The van der Waals surface area contributed by atoms with E-state index in [0.29, 0.717) is 18.4 Å².